The number of carbonyl (C=O) groups excluding carboxylic acids is 1. The zero-order chi connectivity index (χ0) is 24.5. The number of aliphatic hydroxyl groups is 1. The molecule has 0 spiro atoms. The lowest BCUT2D eigenvalue weighted by Crippen LogP contribution is -2.38. The molecule has 3 heterocycles. The molecule has 13 heteroatoms. The van der Waals surface area contributed by atoms with E-state index in [1.54, 1.807) is 7.05 Å². The normalized spacial score (nSPS) is 18.1. The van der Waals surface area contributed by atoms with Gasteiger partial charge in [-0.05, 0) is 30.3 Å². The number of amides is 1. The van der Waals surface area contributed by atoms with E-state index in [4.69, 9.17) is 4.74 Å². The van der Waals surface area contributed by atoms with Crippen LogP contribution < -0.4 is 15.6 Å². The van der Waals surface area contributed by atoms with E-state index in [0.717, 1.165) is 16.8 Å². The lowest BCUT2D eigenvalue weighted by molar-refractivity contribution is -0.274. The number of nitrogens with one attached hydrogen (secondary N) is 1. The number of aliphatic hydroxyl groups excluding tert-OH is 1. The predicted molar refractivity (Wildman–Crippen MR) is 111 cm³/mol. The lowest BCUT2D eigenvalue weighted by atomic mass is 10.1. The first-order chi connectivity index (χ1) is 16.1. The van der Waals surface area contributed by atoms with E-state index in [-0.39, 0.29) is 36.9 Å². The van der Waals surface area contributed by atoms with Crippen LogP contribution in [0.25, 0.3) is 16.9 Å². The van der Waals surface area contributed by atoms with Gasteiger partial charge in [-0.3, -0.25) is 14.3 Å². The van der Waals surface area contributed by atoms with Gasteiger partial charge in [-0.25, -0.2) is 0 Å². The Kier molecular flexibility index (Phi) is 6.39. The van der Waals surface area contributed by atoms with Gasteiger partial charge in [0.1, 0.15) is 17.0 Å². The molecule has 3 aromatic rings. The molecular weight excluding hydrogens is 459 g/mol. The molecule has 1 amide bonds. The van der Waals surface area contributed by atoms with Crippen LogP contribution in [0.1, 0.15) is 10.4 Å². The minimum absolute atomic E-state index is 0.0907. The Morgan fingerprint density at radius 2 is 2.03 bits per heavy atom. The summed E-state index contributed by atoms with van der Waals surface area (Å²) in [6.07, 6.45) is -2.66. The number of benzene rings is 1. The predicted octanol–water partition coefficient (Wildman–Crippen LogP) is 1.27. The molecule has 1 saturated heterocycles. The quantitative estimate of drug-likeness (QED) is 0.546. The highest BCUT2D eigenvalue weighted by Gasteiger charge is 2.31. The molecule has 0 radical (unpaired) electrons. The van der Waals surface area contributed by atoms with Crippen molar-refractivity contribution < 1.29 is 32.5 Å². The van der Waals surface area contributed by atoms with Gasteiger partial charge < -0.3 is 19.9 Å². The summed E-state index contributed by atoms with van der Waals surface area (Å²) in [5, 5.41) is 20.8. The molecule has 1 aliphatic heterocycles. The topological polar surface area (TPSA) is 121 Å². The van der Waals surface area contributed by atoms with Crippen molar-refractivity contribution in [3.05, 3.63) is 58.6 Å². The van der Waals surface area contributed by atoms with Crippen LogP contribution in [0, 0.1) is 5.92 Å². The molecule has 1 aliphatic rings. The van der Waals surface area contributed by atoms with Crippen LogP contribution >= 0.6 is 0 Å². The Bertz CT molecular complexity index is 1240. The maximum Gasteiger partial charge on any atom is 0.573 e. The summed E-state index contributed by atoms with van der Waals surface area (Å²) in [6.45, 7) is 0.532. The van der Waals surface area contributed by atoms with E-state index in [0.29, 0.717) is 11.3 Å². The average Bonchev–Trinajstić information content (AvgIpc) is 3.39. The van der Waals surface area contributed by atoms with Gasteiger partial charge in [-0.15, -0.1) is 13.2 Å². The van der Waals surface area contributed by atoms with Gasteiger partial charge in [0.25, 0.3) is 11.5 Å². The summed E-state index contributed by atoms with van der Waals surface area (Å²) in [5.74, 6) is -1.43. The first kappa shape index (κ1) is 23.4. The summed E-state index contributed by atoms with van der Waals surface area (Å²) in [7, 11) is 1.64. The highest BCUT2D eigenvalue weighted by Crippen LogP contribution is 2.26. The molecule has 34 heavy (non-hydrogen) atoms. The van der Waals surface area contributed by atoms with E-state index >= 15 is 0 Å². The molecule has 0 bridgehead atoms. The number of aromatic nitrogens is 4. The van der Waals surface area contributed by atoms with Crippen molar-refractivity contribution in [2.24, 2.45) is 13.0 Å². The van der Waals surface area contributed by atoms with Crippen LogP contribution in [0.5, 0.6) is 5.75 Å². The van der Waals surface area contributed by atoms with Crippen molar-refractivity contribution in [3.63, 3.8) is 0 Å². The summed E-state index contributed by atoms with van der Waals surface area (Å²) in [6, 6.07) is 6.12. The van der Waals surface area contributed by atoms with Crippen molar-refractivity contribution >= 4 is 5.91 Å². The van der Waals surface area contributed by atoms with Crippen molar-refractivity contribution in [3.8, 4) is 22.7 Å². The number of ether oxygens (including phenoxy) is 2. The van der Waals surface area contributed by atoms with Gasteiger partial charge in [0.2, 0.25) is 0 Å². The molecular formula is C21H20F3N5O5. The fourth-order valence-corrected chi connectivity index (χ4v) is 3.42. The number of nitrogens with zero attached hydrogens (tertiary/aromatic N) is 4. The lowest BCUT2D eigenvalue weighted by Gasteiger charge is -2.14. The van der Waals surface area contributed by atoms with Crippen molar-refractivity contribution in [2.75, 3.05) is 19.8 Å². The minimum Gasteiger partial charge on any atom is -0.406 e. The van der Waals surface area contributed by atoms with Crippen molar-refractivity contribution in [2.45, 2.75) is 12.5 Å². The minimum atomic E-state index is -4.84. The van der Waals surface area contributed by atoms with Gasteiger partial charge in [0.15, 0.2) is 0 Å². The maximum absolute atomic E-state index is 13.1. The van der Waals surface area contributed by atoms with Gasteiger partial charge >= 0.3 is 6.36 Å². The van der Waals surface area contributed by atoms with Gasteiger partial charge in [-0.1, -0.05) is 0 Å². The Morgan fingerprint density at radius 1 is 1.29 bits per heavy atom. The van der Waals surface area contributed by atoms with Crippen LogP contribution in [0.15, 0.2) is 47.5 Å². The summed E-state index contributed by atoms with van der Waals surface area (Å²) < 4.78 is 48.8. The Balaban J connectivity index is 1.69. The number of alkyl halides is 3. The van der Waals surface area contributed by atoms with E-state index in [1.165, 1.54) is 35.3 Å². The van der Waals surface area contributed by atoms with Crippen LogP contribution in [-0.4, -0.2) is 62.8 Å². The molecule has 1 aromatic carbocycles. The Labute approximate surface area is 190 Å². The second kappa shape index (κ2) is 9.27. The first-order valence-electron chi connectivity index (χ1n) is 10.1. The average molecular weight is 479 g/mol. The number of aryl methyl sites for hydroxylation is 1. The zero-order valence-corrected chi connectivity index (χ0v) is 17.8. The van der Waals surface area contributed by atoms with Crippen molar-refractivity contribution in [1.29, 1.82) is 0 Å². The second-order valence-electron chi connectivity index (χ2n) is 7.68. The first-order valence-corrected chi connectivity index (χ1v) is 10.1. The third-order valence-electron chi connectivity index (χ3n) is 5.17. The highest BCUT2D eigenvalue weighted by atomic mass is 19.4. The van der Waals surface area contributed by atoms with Crippen LogP contribution in [0.3, 0.4) is 0 Å². The van der Waals surface area contributed by atoms with Gasteiger partial charge in [0, 0.05) is 25.1 Å². The fraction of sp³-hybridized carbons (Fsp3) is 0.333. The Morgan fingerprint density at radius 3 is 2.62 bits per heavy atom. The molecule has 2 N–H and O–H groups in total. The number of rotatable bonds is 6. The molecule has 0 unspecified atom stereocenters. The van der Waals surface area contributed by atoms with E-state index < -0.39 is 29.7 Å². The maximum atomic E-state index is 13.1. The third-order valence-corrected chi connectivity index (χ3v) is 5.17. The van der Waals surface area contributed by atoms with E-state index in [2.05, 4.69) is 20.3 Å². The highest BCUT2D eigenvalue weighted by molar-refractivity contribution is 5.94. The van der Waals surface area contributed by atoms with Crippen LogP contribution in [0.4, 0.5) is 13.2 Å². The standard InChI is InChI=1S/C21H20F3N5O5/c1-28-9-14(8-26-28)29-20(32)16(19(31)25-7-13-10-33-11-18(13)30)6-17(27-29)12-2-4-15(5-3-12)34-21(22,23)24/h2-6,8-9,13,18,30H,7,10-11H2,1H3,(H,25,31)/t13-,18-/m1/s1. The summed E-state index contributed by atoms with van der Waals surface area (Å²) in [4.78, 5) is 25.9. The van der Waals surface area contributed by atoms with E-state index in [1.807, 2.05) is 0 Å². The molecule has 0 saturated carbocycles. The molecule has 180 valence electrons. The largest absolute Gasteiger partial charge is 0.573 e. The molecule has 10 nitrogen and oxygen atoms in total. The number of hydrogen-bond donors (Lipinski definition) is 2. The summed E-state index contributed by atoms with van der Waals surface area (Å²) in [5.41, 5.74) is -0.148. The number of halogens is 3. The number of carbonyl (C=O) groups is 1. The van der Waals surface area contributed by atoms with Gasteiger partial charge in [0.05, 0.1) is 37.4 Å². The van der Waals surface area contributed by atoms with Crippen LogP contribution in [0.2, 0.25) is 0 Å². The molecule has 0 aliphatic carbocycles. The zero-order valence-electron chi connectivity index (χ0n) is 17.8. The third kappa shape index (κ3) is 5.26. The smallest absolute Gasteiger partial charge is 0.406 e. The van der Waals surface area contributed by atoms with E-state index in [9.17, 15) is 27.9 Å². The SMILES string of the molecule is Cn1cc(-n2nc(-c3ccc(OC(F)(F)F)cc3)cc(C(=O)NC[C@@H]3COC[C@H]3O)c2=O)cn1. The van der Waals surface area contributed by atoms with Crippen molar-refractivity contribution in [1.82, 2.24) is 24.9 Å². The van der Waals surface area contributed by atoms with Gasteiger partial charge in [-0.2, -0.15) is 14.9 Å². The Hall–Kier alpha value is -3.71. The summed E-state index contributed by atoms with van der Waals surface area (Å²) >= 11 is 0. The molecule has 2 aromatic heterocycles. The molecule has 4 rings (SSSR count). The number of hydrogen-bond acceptors (Lipinski definition) is 7. The molecule has 1 fully saturated rings. The fourth-order valence-electron chi connectivity index (χ4n) is 3.42. The second-order valence-corrected chi connectivity index (χ2v) is 7.68. The van der Waals surface area contributed by atoms with Crippen LogP contribution in [-0.2, 0) is 11.8 Å². The molecule has 2 atom stereocenters. The monoisotopic (exact) mass is 479 g/mol.